The number of hydrogen-bond acceptors (Lipinski definition) is 3. The Labute approximate surface area is 153 Å². The maximum Gasteiger partial charge on any atom is 0.191 e. The Morgan fingerprint density at radius 1 is 1.45 bits per heavy atom. The molecule has 22 heavy (non-hydrogen) atoms. The monoisotopic (exact) mass is 436 g/mol. The van der Waals surface area contributed by atoms with Crippen LogP contribution in [0, 0.1) is 0 Å². The van der Waals surface area contributed by atoms with Crippen molar-refractivity contribution < 1.29 is 4.74 Å². The first-order valence-corrected chi connectivity index (χ1v) is 7.85. The van der Waals surface area contributed by atoms with Gasteiger partial charge in [0.1, 0.15) is 5.15 Å². The molecule has 3 atom stereocenters. The minimum Gasteiger partial charge on any atom is -0.373 e. The molecular weight excluding hydrogens is 415 g/mol. The Morgan fingerprint density at radius 2 is 2.32 bits per heavy atom. The molecule has 0 aromatic carbocycles. The summed E-state index contributed by atoms with van der Waals surface area (Å²) >= 11 is 5.78. The van der Waals surface area contributed by atoms with E-state index in [1.54, 1.807) is 7.05 Å². The predicted molar refractivity (Wildman–Crippen MR) is 99.2 cm³/mol. The number of rotatable bonds is 4. The van der Waals surface area contributed by atoms with Gasteiger partial charge in [0, 0.05) is 19.8 Å². The molecule has 2 N–H and O–H groups in total. The van der Waals surface area contributed by atoms with E-state index >= 15 is 0 Å². The van der Waals surface area contributed by atoms with Gasteiger partial charge in [-0.2, -0.15) is 0 Å². The van der Waals surface area contributed by atoms with Crippen LogP contribution in [0.3, 0.4) is 0 Å². The summed E-state index contributed by atoms with van der Waals surface area (Å²) < 4.78 is 5.85. The highest BCUT2D eigenvalue weighted by Gasteiger charge is 2.41. The number of hydrogen-bond donors (Lipinski definition) is 2. The summed E-state index contributed by atoms with van der Waals surface area (Å²) in [7, 11) is 1.80. The highest BCUT2D eigenvalue weighted by atomic mass is 127. The van der Waals surface area contributed by atoms with Crippen molar-refractivity contribution in [3.05, 3.63) is 29.0 Å². The summed E-state index contributed by atoms with van der Waals surface area (Å²) in [6, 6.07) is 4.21. The highest BCUT2D eigenvalue weighted by Crippen LogP contribution is 2.34. The van der Waals surface area contributed by atoms with Crippen LogP contribution in [0.25, 0.3) is 0 Å². The van der Waals surface area contributed by atoms with Crippen LogP contribution in [0.4, 0.5) is 0 Å². The van der Waals surface area contributed by atoms with Gasteiger partial charge in [-0.25, -0.2) is 4.98 Å². The summed E-state index contributed by atoms with van der Waals surface area (Å²) in [5.41, 5.74) is 1.16. The maximum absolute atomic E-state index is 5.85. The van der Waals surface area contributed by atoms with Crippen LogP contribution < -0.4 is 10.6 Å². The van der Waals surface area contributed by atoms with Crippen LogP contribution in [0.1, 0.15) is 24.8 Å². The van der Waals surface area contributed by atoms with E-state index in [1.807, 2.05) is 18.3 Å². The highest BCUT2D eigenvalue weighted by molar-refractivity contribution is 14.0. The van der Waals surface area contributed by atoms with Crippen molar-refractivity contribution >= 4 is 41.5 Å². The summed E-state index contributed by atoms with van der Waals surface area (Å²) in [5.74, 6) is 0.845. The standard InChI is InChI=1S/C15H21ClN4O.HI/c1-17-15(20-12-8-11-3-4-13(12)21-11)18-7-6-10-2-5-14(16)19-9-10;/h2,5,9,11-13H,3-4,6-8H2,1H3,(H2,17,18,20);1H. The van der Waals surface area contributed by atoms with Crippen molar-refractivity contribution in [1.29, 1.82) is 0 Å². The van der Waals surface area contributed by atoms with Crippen molar-refractivity contribution in [2.45, 2.75) is 43.9 Å². The van der Waals surface area contributed by atoms with Gasteiger partial charge in [-0.05, 0) is 37.3 Å². The molecule has 3 unspecified atom stereocenters. The Morgan fingerprint density at radius 3 is 2.91 bits per heavy atom. The lowest BCUT2D eigenvalue weighted by Crippen LogP contribution is -2.47. The average molecular weight is 437 g/mol. The van der Waals surface area contributed by atoms with E-state index in [0.717, 1.165) is 37.3 Å². The molecule has 0 radical (unpaired) electrons. The van der Waals surface area contributed by atoms with E-state index in [1.165, 1.54) is 6.42 Å². The van der Waals surface area contributed by atoms with Gasteiger partial charge in [-0.3, -0.25) is 4.99 Å². The molecule has 0 saturated carbocycles. The normalized spacial score (nSPS) is 26.6. The molecular formula is C15H22ClIN4O. The van der Waals surface area contributed by atoms with Gasteiger partial charge >= 0.3 is 0 Å². The largest absolute Gasteiger partial charge is 0.373 e. The molecule has 1 aromatic rings. The molecule has 122 valence electrons. The van der Waals surface area contributed by atoms with Crippen molar-refractivity contribution in [3.8, 4) is 0 Å². The van der Waals surface area contributed by atoms with Crippen LogP contribution in [-0.2, 0) is 11.2 Å². The smallest absolute Gasteiger partial charge is 0.191 e. The molecule has 2 bridgehead atoms. The molecule has 2 fully saturated rings. The minimum absolute atomic E-state index is 0. The number of nitrogens with one attached hydrogen (secondary N) is 2. The number of nitrogens with zero attached hydrogens (tertiary/aromatic N) is 2. The molecule has 0 amide bonds. The molecule has 2 aliphatic rings. The van der Waals surface area contributed by atoms with Crippen LogP contribution in [0.15, 0.2) is 23.3 Å². The second-order valence-electron chi connectivity index (χ2n) is 5.60. The number of pyridine rings is 1. The first-order chi connectivity index (χ1) is 10.2. The van der Waals surface area contributed by atoms with Gasteiger partial charge in [-0.1, -0.05) is 17.7 Å². The second-order valence-corrected chi connectivity index (χ2v) is 5.99. The third-order valence-corrected chi connectivity index (χ3v) is 4.37. The van der Waals surface area contributed by atoms with Crippen LogP contribution in [0.2, 0.25) is 5.15 Å². The first-order valence-electron chi connectivity index (χ1n) is 7.47. The molecule has 7 heteroatoms. The molecule has 2 saturated heterocycles. The number of guanidine groups is 1. The molecule has 0 spiro atoms. The van der Waals surface area contributed by atoms with Gasteiger partial charge in [-0.15, -0.1) is 24.0 Å². The lowest BCUT2D eigenvalue weighted by atomic mass is 9.96. The third kappa shape index (κ3) is 4.45. The fraction of sp³-hybridized carbons (Fsp3) is 0.600. The van der Waals surface area contributed by atoms with Crippen LogP contribution >= 0.6 is 35.6 Å². The minimum atomic E-state index is 0. The van der Waals surface area contributed by atoms with Crippen molar-refractivity contribution in [3.63, 3.8) is 0 Å². The summed E-state index contributed by atoms with van der Waals surface area (Å²) in [6.45, 7) is 0.810. The Hall–Kier alpha value is -0.600. The molecule has 5 nitrogen and oxygen atoms in total. The Kier molecular flexibility index (Phi) is 6.70. The summed E-state index contributed by atoms with van der Waals surface area (Å²) in [6.07, 6.45) is 6.96. The quantitative estimate of drug-likeness (QED) is 0.329. The van der Waals surface area contributed by atoms with E-state index in [-0.39, 0.29) is 24.0 Å². The fourth-order valence-electron chi connectivity index (χ4n) is 3.04. The zero-order valence-corrected chi connectivity index (χ0v) is 15.7. The van der Waals surface area contributed by atoms with E-state index in [4.69, 9.17) is 16.3 Å². The van der Waals surface area contributed by atoms with E-state index in [2.05, 4.69) is 20.6 Å². The molecule has 3 rings (SSSR count). The SMILES string of the molecule is CN=C(NCCc1ccc(Cl)nc1)NC1CC2CCC1O2.I. The van der Waals surface area contributed by atoms with Crippen molar-refractivity contribution in [2.75, 3.05) is 13.6 Å². The summed E-state index contributed by atoms with van der Waals surface area (Å²) in [4.78, 5) is 8.36. The van der Waals surface area contributed by atoms with Crippen LogP contribution in [-0.4, -0.2) is 42.8 Å². The third-order valence-electron chi connectivity index (χ3n) is 4.15. The number of ether oxygens (including phenoxy) is 1. The molecule has 1 aromatic heterocycles. The number of fused-ring (bicyclic) bond motifs is 2. The first kappa shape index (κ1) is 17.7. The predicted octanol–water partition coefficient (Wildman–Crippen LogP) is 2.38. The number of halogens is 2. The number of aromatic nitrogens is 1. The topological polar surface area (TPSA) is 58.5 Å². The van der Waals surface area contributed by atoms with Crippen molar-refractivity contribution in [1.82, 2.24) is 15.6 Å². The Balaban J connectivity index is 0.00000176. The van der Waals surface area contributed by atoms with Crippen LogP contribution in [0.5, 0.6) is 0 Å². The molecule has 0 aliphatic carbocycles. The zero-order valence-electron chi connectivity index (χ0n) is 12.6. The van der Waals surface area contributed by atoms with Gasteiger partial charge in [0.25, 0.3) is 0 Å². The fourth-order valence-corrected chi connectivity index (χ4v) is 3.15. The average Bonchev–Trinajstić information content (AvgIpc) is 3.11. The van der Waals surface area contributed by atoms with E-state index in [9.17, 15) is 0 Å². The maximum atomic E-state index is 5.85. The lowest BCUT2D eigenvalue weighted by molar-refractivity contribution is 0.0992. The van der Waals surface area contributed by atoms with Gasteiger partial charge in [0.05, 0.1) is 18.2 Å². The molecule has 2 aliphatic heterocycles. The van der Waals surface area contributed by atoms with Crippen molar-refractivity contribution in [2.24, 2.45) is 4.99 Å². The van der Waals surface area contributed by atoms with E-state index < -0.39 is 0 Å². The van der Waals surface area contributed by atoms with Gasteiger partial charge in [0.15, 0.2) is 5.96 Å². The van der Waals surface area contributed by atoms with E-state index in [0.29, 0.717) is 23.4 Å². The van der Waals surface area contributed by atoms with Gasteiger partial charge in [0.2, 0.25) is 0 Å². The zero-order chi connectivity index (χ0) is 14.7. The lowest BCUT2D eigenvalue weighted by Gasteiger charge is -2.22. The van der Waals surface area contributed by atoms with Gasteiger partial charge < -0.3 is 15.4 Å². The number of aliphatic imine (C=N–C) groups is 1. The second kappa shape index (κ2) is 8.31. The Bertz CT molecular complexity index is 511. The summed E-state index contributed by atoms with van der Waals surface area (Å²) in [5, 5.41) is 7.34. The molecule has 3 heterocycles.